The lowest BCUT2D eigenvalue weighted by molar-refractivity contribution is -0.134. The van der Waals surface area contributed by atoms with Crippen molar-refractivity contribution in [1.29, 1.82) is 0 Å². The number of amides is 2. The maximum atomic E-state index is 13.6. The van der Waals surface area contributed by atoms with Gasteiger partial charge in [0.25, 0.3) is 5.91 Å². The Hall–Kier alpha value is -2.97. The third-order valence-corrected chi connectivity index (χ3v) is 7.31. The zero-order valence-corrected chi connectivity index (χ0v) is 20.2. The highest BCUT2D eigenvalue weighted by atomic mass is 35.5. The number of piperidine rings is 1. The lowest BCUT2D eigenvalue weighted by atomic mass is 10.00. The molecule has 35 heavy (non-hydrogen) atoms. The monoisotopic (exact) mass is 497 g/mol. The molecule has 2 amide bonds. The Morgan fingerprint density at radius 3 is 2.54 bits per heavy atom. The van der Waals surface area contributed by atoms with Crippen molar-refractivity contribution < 1.29 is 14.0 Å². The highest BCUT2D eigenvalue weighted by molar-refractivity contribution is 6.30. The van der Waals surface area contributed by atoms with E-state index in [1.165, 1.54) is 25.0 Å². The van der Waals surface area contributed by atoms with Gasteiger partial charge in [-0.05, 0) is 68.6 Å². The molecule has 0 spiro atoms. The lowest BCUT2D eigenvalue weighted by Gasteiger charge is -2.38. The fraction of sp³-hybridized carbons (Fsp3) is 0.423. The number of halogens is 2. The van der Waals surface area contributed by atoms with Gasteiger partial charge in [0.1, 0.15) is 22.7 Å². The lowest BCUT2D eigenvalue weighted by Crippen LogP contribution is -2.53. The van der Waals surface area contributed by atoms with Crippen LogP contribution in [0.4, 0.5) is 4.39 Å². The molecule has 2 aliphatic rings. The normalized spacial score (nSPS) is 18.2. The van der Waals surface area contributed by atoms with Gasteiger partial charge in [-0.15, -0.1) is 0 Å². The third kappa shape index (κ3) is 5.49. The van der Waals surface area contributed by atoms with Gasteiger partial charge in [-0.2, -0.15) is 0 Å². The van der Waals surface area contributed by atoms with Gasteiger partial charge in [0.15, 0.2) is 0 Å². The van der Waals surface area contributed by atoms with Crippen molar-refractivity contribution in [3.05, 3.63) is 64.8 Å². The number of carbonyl (C=O) groups is 2. The predicted molar refractivity (Wildman–Crippen MR) is 133 cm³/mol. The topological polar surface area (TPSA) is 81.3 Å². The Labute approximate surface area is 208 Å². The maximum Gasteiger partial charge on any atom is 0.268 e. The summed E-state index contributed by atoms with van der Waals surface area (Å²) in [6.45, 7) is 3.64. The summed E-state index contributed by atoms with van der Waals surface area (Å²) >= 11 is 5.97. The van der Waals surface area contributed by atoms with E-state index in [4.69, 9.17) is 11.6 Å². The Morgan fingerprint density at radius 1 is 1.11 bits per heavy atom. The van der Waals surface area contributed by atoms with Crippen molar-refractivity contribution in [3.63, 3.8) is 0 Å². The minimum Gasteiger partial charge on any atom is -0.349 e. The first-order valence-electron chi connectivity index (χ1n) is 12.2. The fourth-order valence-corrected chi connectivity index (χ4v) is 5.36. The number of pyridine rings is 1. The quantitative estimate of drug-likeness (QED) is 0.508. The molecule has 0 saturated carbocycles. The minimum absolute atomic E-state index is 0.108. The van der Waals surface area contributed by atoms with Crippen LogP contribution in [0.3, 0.4) is 0 Å². The molecule has 1 atom stereocenters. The average molecular weight is 498 g/mol. The first-order chi connectivity index (χ1) is 17.0. The summed E-state index contributed by atoms with van der Waals surface area (Å²) in [6, 6.07) is 9.18. The second-order valence-corrected chi connectivity index (χ2v) is 9.82. The fourth-order valence-electron chi connectivity index (χ4n) is 5.20. The largest absolute Gasteiger partial charge is 0.349 e. The van der Waals surface area contributed by atoms with Crippen LogP contribution < -0.4 is 5.32 Å². The zero-order chi connectivity index (χ0) is 24.4. The highest BCUT2D eigenvalue weighted by Crippen LogP contribution is 2.22. The van der Waals surface area contributed by atoms with Crippen LogP contribution in [0.1, 0.15) is 41.7 Å². The van der Waals surface area contributed by atoms with Crippen molar-refractivity contribution in [2.24, 2.45) is 0 Å². The van der Waals surface area contributed by atoms with E-state index in [2.05, 4.69) is 20.2 Å². The van der Waals surface area contributed by atoms with E-state index < -0.39 is 6.04 Å². The van der Waals surface area contributed by atoms with Gasteiger partial charge in [-0.1, -0.05) is 23.7 Å². The number of fused-ring (bicyclic) bond motifs is 1. The number of aromatic nitrogens is 2. The second kappa shape index (κ2) is 10.3. The Balaban J connectivity index is 1.31. The number of hydrogen-bond donors (Lipinski definition) is 2. The van der Waals surface area contributed by atoms with Gasteiger partial charge in [-0.25, -0.2) is 9.37 Å². The summed E-state index contributed by atoms with van der Waals surface area (Å²) in [5.41, 5.74) is 1.79. The molecule has 0 aliphatic carbocycles. The van der Waals surface area contributed by atoms with Gasteiger partial charge in [0.2, 0.25) is 5.91 Å². The van der Waals surface area contributed by atoms with Gasteiger partial charge >= 0.3 is 0 Å². The zero-order valence-electron chi connectivity index (χ0n) is 19.5. The molecule has 2 N–H and O–H groups in total. The summed E-state index contributed by atoms with van der Waals surface area (Å²) in [6.07, 6.45) is 6.24. The van der Waals surface area contributed by atoms with Gasteiger partial charge in [-0.3, -0.25) is 9.59 Å². The molecule has 9 heteroatoms. The molecule has 5 rings (SSSR count). The average Bonchev–Trinajstić information content (AvgIpc) is 3.55. The van der Waals surface area contributed by atoms with E-state index in [-0.39, 0.29) is 24.1 Å². The van der Waals surface area contributed by atoms with Crippen LogP contribution >= 0.6 is 11.6 Å². The maximum absolute atomic E-state index is 13.6. The van der Waals surface area contributed by atoms with E-state index in [0.717, 1.165) is 36.9 Å². The number of likely N-dealkylation sites (tertiary alicyclic amines) is 2. The van der Waals surface area contributed by atoms with Crippen molar-refractivity contribution in [2.45, 2.75) is 44.2 Å². The molecule has 2 aromatic heterocycles. The predicted octanol–water partition coefficient (Wildman–Crippen LogP) is 3.78. The third-order valence-electron chi connectivity index (χ3n) is 7.11. The van der Waals surface area contributed by atoms with Crippen LogP contribution in [-0.4, -0.2) is 69.8 Å². The Morgan fingerprint density at radius 2 is 1.83 bits per heavy atom. The number of rotatable bonds is 6. The molecule has 1 aromatic carbocycles. The molecule has 2 fully saturated rings. The van der Waals surface area contributed by atoms with Crippen molar-refractivity contribution in [2.75, 3.05) is 26.2 Å². The second-order valence-electron chi connectivity index (χ2n) is 9.43. The molecule has 0 radical (unpaired) electrons. The van der Waals surface area contributed by atoms with Crippen LogP contribution in [0.15, 0.2) is 42.6 Å². The number of H-pyrrole nitrogens is 1. The Kier molecular flexibility index (Phi) is 7.02. The number of carbonyl (C=O) groups excluding carboxylic acids is 2. The molecular weight excluding hydrogens is 469 g/mol. The van der Waals surface area contributed by atoms with Crippen LogP contribution in [-0.2, 0) is 11.2 Å². The summed E-state index contributed by atoms with van der Waals surface area (Å²) in [5.74, 6) is -0.830. The highest BCUT2D eigenvalue weighted by Gasteiger charge is 2.32. The van der Waals surface area contributed by atoms with E-state index >= 15 is 0 Å². The molecular formula is C26H29ClFN5O2. The molecule has 184 valence electrons. The molecule has 2 aliphatic heterocycles. The standard InChI is InChI=1S/C26H29ClFN5O2/c27-24-15-18-14-21(30-23(18)16-29-24)25(34)31-22(13-17-3-5-19(28)6-4-17)26(35)33-11-7-20(8-12-33)32-9-1-2-10-32/h3-6,14-16,20,22,30H,1-2,7-13H2,(H,31,34)/t22-/m0/s1. The summed E-state index contributed by atoms with van der Waals surface area (Å²) < 4.78 is 13.4. The summed E-state index contributed by atoms with van der Waals surface area (Å²) in [5, 5.41) is 4.02. The molecule has 2 saturated heterocycles. The minimum atomic E-state index is -0.760. The number of hydrogen-bond acceptors (Lipinski definition) is 4. The van der Waals surface area contributed by atoms with Gasteiger partial charge in [0.05, 0.1) is 11.7 Å². The van der Waals surface area contributed by atoms with Crippen LogP contribution in [0.5, 0.6) is 0 Å². The number of aromatic amines is 1. The van der Waals surface area contributed by atoms with Crippen LogP contribution in [0.25, 0.3) is 10.9 Å². The van der Waals surface area contributed by atoms with E-state index in [1.54, 1.807) is 30.5 Å². The summed E-state index contributed by atoms with van der Waals surface area (Å²) in [4.78, 5) is 38.2. The first-order valence-corrected chi connectivity index (χ1v) is 12.6. The van der Waals surface area contributed by atoms with E-state index in [0.29, 0.717) is 35.5 Å². The molecule has 0 unspecified atom stereocenters. The van der Waals surface area contributed by atoms with E-state index in [9.17, 15) is 14.0 Å². The van der Waals surface area contributed by atoms with Crippen molar-refractivity contribution in [3.8, 4) is 0 Å². The number of nitrogens with one attached hydrogen (secondary N) is 2. The first kappa shape index (κ1) is 23.8. The number of nitrogens with zero attached hydrogens (tertiary/aromatic N) is 3. The van der Waals surface area contributed by atoms with Crippen molar-refractivity contribution in [1.82, 2.24) is 25.1 Å². The molecule has 3 aromatic rings. The Bertz CT molecular complexity index is 1200. The molecule has 7 nitrogen and oxygen atoms in total. The van der Waals surface area contributed by atoms with Crippen LogP contribution in [0.2, 0.25) is 5.15 Å². The summed E-state index contributed by atoms with van der Waals surface area (Å²) in [7, 11) is 0. The molecule has 0 bridgehead atoms. The molecule has 4 heterocycles. The number of benzene rings is 1. The van der Waals surface area contributed by atoms with Gasteiger partial charge < -0.3 is 20.1 Å². The SMILES string of the molecule is O=C(N[C@@H](Cc1ccc(F)cc1)C(=O)N1CCC(N2CCCC2)CC1)c1cc2cc(Cl)ncc2[nH]1. The smallest absolute Gasteiger partial charge is 0.268 e. The van der Waals surface area contributed by atoms with E-state index in [1.807, 2.05) is 4.90 Å². The van der Waals surface area contributed by atoms with Crippen molar-refractivity contribution >= 4 is 34.3 Å². The van der Waals surface area contributed by atoms with Gasteiger partial charge in [0, 0.05) is 30.9 Å². The van der Waals surface area contributed by atoms with Crippen LogP contribution in [0, 0.1) is 5.82 Å².